The van der Waals surface area contributed by atoms with Gasteiger partial charge in [-0.3, -0.25) is 10.1 Å². The average Bonchev–Trinajstić information content (AvgIpc) is 3.08. The van der Waals surface area contributed by atoms with Crippen LogP contribution < -0.4 is 15.5 Å². The molecular formula is C14H23N4O4S2+. The van der Waals surface area contributed by atoms with E-state index in [0.717, 1.165) is 11.3 Å². The first-order valence-electron chi connectivity index (χ1n) is 7.88. The molecule has 0 atom stereocenters. The van der Waals surface area contributed by atoms with Gasteiger partial charge in [0, 0.05) is 6.54 Å². The van der Waals surface area contributed by atoms with Gasteiger partial charge < -0.3 is 10.2 Å². The molecule has 0 aromatic carbocycles. The molecule has 2 heterocycles. The summed E-state index contributed by atoms with van der Waals surface area (Å²) in [6.45, 7) is 4.41. The number of imide groups is 1. The summed E-state index contributed by atoms with van der Waals surface area (Å²) in [6, 6.07) is 2.83. The lowest BCUT2D eigenvalue weighted by atomic mass is 10.3. The minimum absolute atomic E-state index is 0.159. The lowest BCUT2D eigenvalue weighted by molar-refractivity contribution is -0.895. The molecule has 2 rings (SSSR count). The van der Waals surface area contributed by atoms with E-state index in [1.165, 1.54) is 15.6 Å². The van der Waals surface area contributed by atoms with Crippen molar-refractivity contribution in [2.45, 2.75) is 17.6 Å². The Labute approximate surface area is 145 Å². The number of nitrogens with zero attached hydrogens (tertiary/aromatic N) is 1. The summed E-state index contributed by atoms with van der Waals surface area (Å²) < 4.78 is 26.6. The minimum Gasteiger partial charge on any atom is -0.338 e. The largest absolute Gasteiger partial charge is 0.338 e. The van der Waals surface area contributed by atoms with Crippen molar-refractivity contribution in [1.82, 2.24) is 14.9 Å². The fraction of sp³-hybridized carbons (Fsp3) is 0.571. The molecule has 0 unspecified atom stereocenters. The van der Waals surface area contributed by atoms with Crippen LogP contribution in [0.1, 0.15) is 13.3 Å². The summed E-state index contributed by atoms with van der Waals surface area (Å²) >= 11 is 1.20. The Balaban J connectivity index is 1.79. The third-order valence-corrected chi connectivity index (χ3v) is 6.99. The lowest BCUT2D eigenvalue weighted by Gasteiger charge is -2.30. The van der Waals surface area contributed by atoms with E-state index in [9.17, 15) is 18.0 Å². The van der Waals surface area contributed by atoms with E-state index in [1.807, 2.05) is 6.92 Å². The van der Waals surface area contributed by atoms with Crippen molar-refractivity contribution in [2.24, 2.45) is 0 Å². The molecular weight excluding hydrogens is 352 g/mol. The molecule has 3 amide bonds. The second-order valence-electron chi connectivity index (χ2n) is 5.57. The van der Waals surface area contributed by atoms with Crippen LogP contribution in [-0.2, 0) is 14.8 Å². The molecule has 0 bridgehead atoms. The highest BCUT2D eigenvalue weighted by Crippen LogP contribution is 2.20. The van der Waals surface area contributed by atoms with Gasteiger partial charge >= 0.3 is 6.03 Å². The van der Waals surface area contributed by atoms with Crippen molar-refractivity contribution in [1.29, 1.82) is 0 Å². The number of rotatable bonds is 6. The zero-order valence-electron chi connectivity index (χ0n) is 13.6. The molecule has 1 aromatic heterocycles. The number of thiophene rings is 1. The topological polar surface area (TPSA) is 100 Å². The highest BCUT2D eigenvalue weighted by Gasteiger charge is 2.31. The number of piperazine rings is 1. The summed E-state index contributed by atoms with van der Waals surface area (Å²) in [5.74, 6) is -0.354. The van der Waals surface area contributed by atoms with E-state index in [1.54, 1.807) is 17.5 Å². The van der Waals surface area contributed by atoms with Crippen LogP contribution in [0.15, 0.2) is 21.7 Å². The Bertz CT molecular complexity index is 652. The van der Waals surface area contributed by atoms with Crippen molar-refractivity contribution in [3.63, 3.8) is 0 Å². The molecule has 24 heavy (non-hydrogen) atoms. The molecule has 8 nitrogen and oxygen atoms in total. The second kappa shape index (κ2) is 8.56. The third kappa shape index (κ3) is 5.00. The van der Waals surface area contributed by atoms with Crippen LogP contribution in [-0.4, -0.2) is 63.9 Å². The number of hydrogen-bond acceptors (Lipinski definition) is 5. The van der Waals surface area contributed by atoms with Gasteiger partial charge in [-0.05, 0) is 17.9 Å². The van der Waals surface area contributed by atoms with Crippen molar-refractivity contribution in [3.05, 3.63) is 17.5 Å². The molecule has 134 valence electrons. The first kappa shape index (κ1) is 18.8. The SMILES string of the molecule is CCCNC(=O)NC(=O)C[NH+]1CCN(S(=O)(=O)c2cccs2)CC1. The van der Waals surface area contributed by atoms with Crippen LogP contribution in [0, 0.1) is 0 Å². The third-order valence-electron chi connectivity index (χ3n) is 3.72. The molecule has 10 heteroatoms. The minimum atomic E-state index is -3.43. The predicted molar refractivity (Wildman–Crippen MR) is 90.5 cm³/mol. The van der Waals surface area contributed by atoms with E-state index in [-0.39, 0.29) is 12.5 Å². The van der Waals surface area contributed by atoms with Gasteiger partial charge in [-0.2, -0.15) is 4.31 Å². The van der Waals surface area contributed by atoms with Crippen LogP contribution in [0.4, 0.5) is 4.79 Å². The maximum atomic E-state index is 12.4. The smallest absolute Gasteiger partial charge is 0.321 e. The van der Waals surface area contributed by atoms with Crippen LogP contribution in [0.25, 0.3) is 0 Å². The Kier molecular flexibility index (Phi) is 6.72. The maximum absolute atomic E-state index is 12.4. The van der Waals surface area contributed by atoms with Gasteiger partial charge in [-0.25, -0.2) is 13.2 Å². The molecule has 0 aliphatic carbocycles. The van der Waals surface area contributed by atoms with Gasteiger partial charge in [-0.1, -0.05) is 13.0 Å². The fourth-order valence-corrected chi connectivity index (χ4v) is 5.02. The number of nitrogens with one attached hydrogen (secondary N) is 3. The van der Waals surface area contributed by atoms with E-state index < -0.39 is 16.1 Å². The molecule has 0 saturated carbocycles. The number of quaternary nitrogens is 1. The van der Waals surface area contributed by atoms with Crippen molar-refractivity contribution in [3.8, 4) is 0 Å². The number of carbonyl (C=O) groups excluding carboxylic acids is 2. The Hall–Kier alpha value is -1.49. The standard InChI is InChI=1S/C14H22N4O4S2/c1-2-5-15-14(20)16-12(19)11-17-6-8-18(9-7-17)24(21,22)13-4-3-10-23-13/h3-4,10H,2,5-9,11H2,1H3,(H2,15,16,19,20)/p+1. The van der Waals surface area contributed by atoms with E-state index in [0.29, 0.717) is 36.9 Å². The van der Waals surface area contributed by atoms with E-state index in [2.05, 4.69) is 10.6 Å². The summed E-state index contributed by atoms with van der Waals surface area (Å²) in [4.78, 5) is 24.2. The first-order chi connectivity index (χ1) is 11.4. The Morgan fingerprint density at radius 3 is 2.62 bits per heavy atom. The number of carbonyl (C=O) groups is 2. The molecule has 1 aliphatic heterocycles. The molecule has 1 aliphatic rings. The molecule has 1 fully saturated rings. The highest BCUT2D eigenvalue weighted by molar-refractivity contribution is 7.91. The molecule has 1 saturated heterocycles. The number of sulfonamides is 1. The van der Waals surface area contributed by atoms with Crippen molar-refractivity contribution < 1.29 is 22.9 Å². The normalized spacial score (nSPS) is 16.7. The average molecular weight is 375 g/mol. The van der Waals surface area contributed by atoms with Gasteiger partial charge in [0.05, 0.1) is 26.2 Å². The molecule has 1 aromatic rings. The van der Waals surface area contributed by atoms with Gasteiger partial charge in [-0.15, -0.1) is 11.3 Å². The van der Waals surface area contributed by atoms with E-state index >= 15 is 0 Å². The van der Waals surface area contributed by atoms with Crippen LogP contribution in [0.5, 0.6) is 0 Å². The number of hydrogen-bond donors (Lipinski definition) is 3. The Morgan fingerprint density at radius 2 is 2.04 bits per heavy atom. The van der Waals surface area contributed by atoms with Crippen LogP contribution >= 0.6 is 11.3 Å². The van der Waals surface area contributed by atoms with Gasteiger partial charge in [0.25, 0.3) is 15.9 Å². The van der Waals surface area contributed by atoms with Crippen LogP contribution in [0.2, 0.25) is 0 Å². The van der Waals surface area contributed by atoms with Gasteiger partial charge in [0.2, 0.25) is 0 Å². The quantitative estimate of drug-likeness (QED) is 0.586. The molecule has 0 spiro atoms. The van der Waals surface area contributed by atoms with Crippen molar-refractivity contribution in [2.75, 3.05) is 39.3 Å². The zero-order chi connectivity index (χ0) is 17.6. The lowest BCUT2D eigenvalue weighted by Crippen LogP contribution is -3.15. The Morgan fingerprint density at radius 1 is 1.33 bits per heavy atom. The summed E-state index contributed by atoms with van der Waals surface area (Å²) in [5, 5.41) is 6.60. The summed E-state index contributed by atoms with van der Waals surface area (Å²) in [6.07, 6.45) is 0.799. The summed E-state index contributed by atoms with van der Waals surface area (Å²) in [7, 11) is -3.43. The van der Waals surface area contributed by atoms with Gasteiger partial charge in [0.15, 0.2) is 6.54 Å². The monoisotopic (exact) mass is 375 g/mol. The molecule has 0 radical (unpaired) electrons. The first-order valence-corrected chi connectivity index (χ1v) is 10.2. The predicted octanol–water partition coefficient (Wildman–Crippen LogP) is -1.13. The summed E-state index contributed by atoms with van der Waals surface area (Å²) in [5.41, 5.74) is 0. The number of urea groups is 1. The zero-order valence-corrected chi connectivity index (χ0v) is 15.2. The highest BCUT2D eigenvalue weighted by atomic mass is 32.2. The number of amides is 3. The second-order valence-corrected chi connectivity index (χ2v) is 8.68. The van der Waals surface area contributed by atoms with Crippen LogP contribution in [0.3, 0.4) is 0 Å². The van der Waals surface area contributed by atoms with Crippen molar-refractivity contribution >= 4 is 33.3 Å². The molecule has 3 N–H and O–H groups in total. The fourth-order valence-electron chi connectivity index (χ4n) is 2.44. The maximum Gasteiger partial charge on any atom is 0.321 e. The van der Waals surface area contributed by atoms with Gasteiger partial charge in [0.1, 0.15) is 4.21 Å². The van der Waals surface area contributed by atoms with E-state index in [4.69, 9.17) is 0 Å².